The Kier molecular flexibility index (Phi) is 4.40. The number of nitrogens with one attached hydrogen (secondary N) is 1. The molecule has 106 valence electrons. The van der Waals surface area contributed by atoms with E-state index in [-0.39, 0.29) is 11.9 Å². The highest BCUT2D eigenvalue weighted by Gasteiger charge is 2.33. The Labute approximate surface area is 117 Å². The number of aliphatic carboxylic acids is 1. The number of nitrogens with two attached hydrogens (primary N) is 1. The van der Waals surface area contributed by atoms with Gasteiger partial charge < -0.3 is 16.2 Å². The fraction of sp³-hybridized carbons (Fsp3) is 0.333. The van der Waals surface area contributed by atoms with Crippen molar-refractivity contribution in [3.63, 3.8) is 0 Å². The van der Waals surface area contributed by atoms with E-state index in [4.69, 9.17) is 10.8 Å². The first-order valence-corrected chi connectivity index (χ1v) is 6.63. The van der Waals surface area contributed by atoms with Gasteiger partial charge in [-0.05, 0) is 36.6 Å². The number of carboxylic acid groups (broad SMARTS) is 1. The number of carbonyl (C=O) groups excluding carboxylic acids is 1. The molecule has 0 aliphatic heterocycles. The maximum absolute atomic E-state index is 11.8. The van der Waals surface area contributed by atoms with Crippen molar-refractivity contribution in [1.82, 2.24) is 5.32 Å². The van der Waals surface area contributed by atoms with Crippen LogP contribution in [-0.4, -0.2) is 23.0 Å². The van der Waals surface area contributed by atoms with Crippen molar-refractivity contribution in [1.29, 1.82) is 0 Å². The molecule has 1 aliphatic rings. The maximum atomic E-state index is 11.8. The summed E-state index contributed by atoms with van der Waals surface area (Å²) in [6, 6.07) is 6.88. The first-order chi connectivity index (χ1) is 9.56. The third-order valence-corrected chi connectivity index (χ3v) is 3.52. The summed E-state index contributed by atoms with van der Waals surface area (Å²) < 4.78 is 0. The van der Waals surface area contributed by atoms with Gasteiger partial charge in [0.15, 0.2) is 0 Å². The minimum absolute atomic E-state index is 0.264. The van der Waals surface area contributed by atoms with Crippen LogP contribution in [0, 0.1) is 5.92 Å². The van der Waals surface area contributed by atoms with Gasteiger partial charge in [0.1, 0.15) is 0 Å². The van der Waals surface area contributed by atoms with E-state index in [1.54, 1.807) is 18.2 Å². The average molecular weight is 274 g/mol. The van der Waals surface area contributed by atoms with E-state index in [1.165, 1.54) is 6.08 Å². The lowest BCUT2D eigenvalue weighted by atomic mass is 10.0. The Morgan fingerprint density at radius 1 is 1.25 bits per heavy atom. The van der Waals surface area contributed by atoms with Gasteiger partial charge in [0.25, 0.3) is 0 Å². The molecule has 1 aromatic rings. The summed E-state index contributed by atoms with van der Waals surface area (Å²) >= 11 is 0. The van der Waals surface area contributed by atoms with Crippen molar-refractivity contribution >= 4 is 23.6 Å². The van der Waals surface area contributed by atoms with E-state index in [0.29, 0.717) is 12.1 Å². The molecule has 1 fully saturated rings. The highest BCUT2D eigenvalue weighted by Crippen LogP contribution is 2.25. The van der Waals surface area contributed by atoms with Crippen LogP contribution in [0.15, 0.2) is 30.3 Å². The first kappa shape index (κ1) is 14.1. The first-order valence-electron chi connectivity index (χ1n) is 6.63. The molecule has 2 atom stereocenters. The molecule has 0 aromatic heterocycles. The molecule has 5 heteroatoms. The lowest BCUT2D eigenvalue weighted by molar-refractivity contribution is -0.142. The van der Waals surface area contributed by atoms with Crippen LogP contribution in [0.2, 0.25) is 0 Å². The lowest BCUT2D eigenvalue weighted by Gasteiger charge is -2.16. The van der Waals surface area contributed by atoms with E-state index in [9.17, 15) is 9.59 Å². The molecule has 0 saturated heterocycles. The fourth-order valence-electron chi connectivity index (χ4n) is 2.44. The number of carboxylic acids is 1. The second-order valence-electron chi connectivity index (χ2n) is 4.99. The minimum Gasteiger partial charge on any atom is -0.481 e. The van der Waals surface area contributed by atoms with Gasteiger partial charge in [0, 0.05) is 17.8 Å². The number of rotatable bonds is 4. The molecule has 4 N–H and O–H groups in total. The zero-order valence-electron chi connectivity index (χ0n) is 11.1. The molecule has 20 heavy (non-hydrogen) atoms. The summed E-state index contributed by atoms with van der Waals surface area (Å²) in [5, 5.41) is 11.8. The van der Waals surface area contributed by atoms with Gasteiger partial charge in [-0.25, -0.2) is 0 Å². The van der Waals surface area contributed by atoms with Gasteiger partial charge in [0.2, 0.25) is 5.91 Å². The number of nitrogen functional groups attached to an aromatic ring is 1. The third kappa shape index (κ3) is 3.60. The molecular weight excluding hydrogens is 256 g/mol. The summed E-state index contributed by atoms with van der Waals surface area (Å²) in [4.78, 5) is 22.8. The lowest BCUT2D eigenvalue weighted by Crippen LogP contribution is -2.39. The predicted molar refractivity (Wildman–Crippen MR) is 76.8 cm³/mol. The number of benzene rings is 1. The van der Waals surface area contributed by atoms with Crippen LogP contribution >= 0.6 is 0 Å². The van der Waals surface area contributed by atoms with Crippen LogP contribution < -0.4 is 11.1 Å². The Hall–Kier alpha value is -2.30. The number of carbonyl (C=O) groups is 2. The standard InChI is InChI=1S/C15H18N2O3/c16-11-7-4-10(5-8-11)6-9-14(18)17-13-3-1-2-12(13)15(19)20/h4-9,12-13H,1-3,16H2,(H,17,18)(H,19,20)/b9-6+. The minimum atomic E-state index is -0.838. The Balaban J connectivity index is 1.92. The summed E-state index contributed by atoms with van der Waals surface area (Å²) in [5.41, 5.74) is 7.12. The average Bonchev–Trinajstić information content (AvgIpc) is 2.86. The van der Waals surface area contributed by atoms with E-state index >= 15 is 0 Å². The van der Waals surface area contributed by atoms with E-state index in [0.717, 1.165) is 18.4 Å². The molecular formula is C15H18N2O3. The van der Waals surface area contributed by atoms with Crippen LogP contribution in [0.4, 0.5) is 5.69 Å². The zero-order valence-corrected chi connectivity index (χ0v) is 11.1. The molecule has 1 saturated carbocycles. The van der Waals surface area contributed by atoms with Gasteiger partial charge >= 0.3 is 5.97 Å². The molecule has 1 aromatic carbocycles. The second kappa shape index (κ2) is 6.23. The molecule has 0 bridgehead atoms. The predicted octanol–water partition coefficient (Wildman–Crippen LogP) is 1.65. The van der Waals surface area contributed by atoms with Crippen LogP contribution in [-0.2, 0) is 9.59 Å². The van der Waals surface area contributed by atoms with E-state index in [1.807, 2.05) is 12.1 Å². The second-order valence-corrected chi connectivity index (χ2v) is 4.99. The summed E-state index contributed by atoms with van der Waals surface area (Å²) in [6.45, 7) is 0. The van der Waals surface area contributed by atoms with Crippen molar-refractivity contribution in [2.24, 2.45) is 5.92 Å². The summed E-state index contributed by atoms with van der Waals surface area (Å²) in [7, 11) is 0. The largest absolute Gasteiger partial charge is 0.481 e. The summed E-state index contributed by atoms with van der Waals surface area (Å²) in [5.74, 6) is -1.57. The highest BCUT2D eigenvalue weighted by molar-refractivity contribution is 5.92. The maximum Gasteiger partial charge on any atom is 0.308 e. The van der Waals surface area contributed by atoms with E-state index in [2.05, 4.69) is 5.32 Å². The molecule has 1 aliphatic carbocycles. The topological polar surface area (TPSA) is 92.4 Å². The monoisotopic (exact) mass is 274 g/mol. The highest BCUT2D eigenvalue weighted by atomic mass is 16.4. The van der Waals surface area contributed by atoms with Crippen LogP contribution in [0.1, 0.15) is 24.8 Å². The van der Waals surface area contributed by atoms with Crippen LogP contribution in [0.25, 0.3) is 6.08 Å². The normalized spacial score (nSPS) is 22.0. The smallest absolute Gasteiger partial charge is 0.308 e. The third-order valence-electron chi connectivity index (χ3n) is 3.52. The molecule has 2 unspecified atom stereocenters. The summed E-state index contributed by atoms with van der Waals surface area (Å²) in [6.07, 6.45) is 5.28. The molecule has 2 rings (SSSR count). The van der Waals surface area contributed by atoms with Crippen molar-refractivity contribution < 1.29 is 14.7 Å². The molecule has 5 nitrogen and oxygen atoms in total. The molecule has 0 spiro atoms. The van der Waals surface area contributed by atoms with Crippen LogP contribution in [0.5, 0.6) is 0 Å². The van der Waals surface area contributed by atoms with Crippen molar-refractivity contribution in [2.45, 2.75) is 25.3 Å². The molecule has 0 heterocycles. The van der Waals surface area contributed by atoms with E-state index < -0.39 is 11.9 Å². The number of hydrogen-bond acceptors (Lipinski definition) is 3. The SMILES string of the molecule is Nc1ccc(/C=C/C(=O)NC2CCCC2C(=O)O)cc1. The number of amides is 1. The Morgan fingerprint density at radius 2 is 1.95 bits per heavy atom. The quantitative estimate of drug-likeness (QED) is 0.575. The van der Waals surface area contributed by atoms with Gasteiger partial charge in [-0.3, -0.25) is 9.59 Å². The van der Waals surface area contributed by atoms with Gasteiger partial charge in [-0.2, -0.15) is 0 Å². The Bertz CT molecular complexity index is 522. The van der Waals surface area contributed by atoms with Crippen molar-refractivity contribution in [3.8, 4) is 0 Å². The van der Waals surface area contributed by atoms with Crippen molar-refractivity contribution in [3.05, 3.63) is 35.9 Å². The fourth-order valence-corrected chi connectivity index (χ4v) is 2.44. The zero-order chi connectivity index (χ0) is 14.5. The molecule has 1 amide bonds. The number of hydrogen-bond donors (Lipinski definition) is 3. The molecule has 0 radical (unpaired) electrons. The van der Waals surface area contributed by atoms with Gasteiger partial charge in [-0.1, -0.05) is 18.6 Å². The number of anilines is 1. The van der Waals surface area contributed by atoms with Gasteiger partial charge in [-0.15, -0.1) is 0 Å². The van der Waals surface area contributed by atoms with Crippen LogP contribution in [0.3, 0.4) is 0 Å². The van der Waals surface area contributed by atoms with Crippen molar-refractivity contribution in [2.75, 3.05) is 5.73 Å². The Morgan fingerprint density at radius 3 is 2.60 bits per heavy atom. The van der Waals surface area contributed by atoms with Gasteiger partial charge in [0.05, 0.1) is 5.92 Å².